The molecule has 1 N–H and O–H groups in total. The molecule has 2 heterocycles. The third-order valence-electron chi connectivity index (χ3n) is 8.94. The average molecular weight is 589 g/mol. The molecule has 43 heavy (non-hydrogen) atoms. The van der Waals surface area contributed by atoms with Crippen LogP contribution in [-0.4, -0.2) is 41.4 Å². The van der Waals surface area contributed by atoms with E-state index < -0.39 is 17.7 Å². The van der Waals surface area contributed by atoms with Crippen LogP contribution in [0.15, 0.2) is 48.5 Å². The van der Waals surface area contributed by atoms with Gasteiger partial charge < -0.3 is 19.5 Å². The lowest BCUT2D eigenvalue weighted by Crippen LogP contribution is -2.39. The molecule has 1 aliphatic carbocycles. The van der Waals surface area contributed by atoms with Gasteiger partial charge in [0.2, 0.25) is 0 Å². The number of piperidine rings is 1. The van der Waals surface area contributed by atoms with Gasteiger partial charge >= 0.3 is 5.97 Å². The number of pyridine rings is 1. The van der Waals surface area contributed by atoms with Gasteiger partial charge in [-0.2, -0.15) is 0 Å². The Morgan fingerprint density at radius 3 is 2.12 bits per heavy atom. The van der Waals surface area contributed by atoms with Crippen molar-refractivity contribution in [1.82, 2.24) is 4.98 Å². The zero-order chi connectivity index (χ0) is 31.2. The normalized spacial score (nSPS) is 18.3. The van der Waals surface area contributed by atoms with E-state index in [-0.39, 0.29) is 16.6 Å². The minimum Gasteiger partial charge on any atom is -0.493 e. The van der Waals surface area contributed by atoms with E-state index in [9.17, 15) is 14.3 Å². The van der Waals surface area contributed by atoms with E-state index in [0.717, 1.165) is 72.6 Å². The number of aromatic nitrogens is 1. The number of benzene rings is 2. The van der Waals surface area contributed by atoms with Crippen molar-refractivity contribution in [2.24, 2.45) is 5.41 Å². The van der Waals surface area contributed by atoms with Crippen LogP contribution in [0.25, 0.3) is 11.1 Å². The molecule has 1 aromatic heterocycles. The molecule has 0 radical (unpaired) electrons. The van der Waals surface area contributed by atoms with Gasteiger partial charge in [-0.25, -0.2) is 9.18 Å². The molecule has 1 atom stereocenters. The van der Waals surface area contributed by atoms with E-state index in [0.29, 0.717) is 17.9 Å². The molecule has 0 spiro atoms. The van der Waals surface area contributed by atoms with E-state index in [1.165, 1.54) is 12.1 Å². The number of nitrogens with zero attached hydrogens (tertiary/aromatic N) is 2. The summed E-state index contributed by atoms with van der Waals surface area (Å²) in [6, 6.07) is 14.8. The Labute approximate surface area is 255 Å². The van der Waals surface area contributed by atoms with Crippen molar-refractivity contribution in [2.75, 3.05) is 24.6 Å². The van der Waals surface area contributed by atoms with E-state index in [1.807, 2.05) is 71.0 Å². The molecule has 2 fully saturated rings. The van der Waals surface area contributed by atoms with E-state index in [1.54, 1.807) is 0 Å². The second-order valence-corrected chi connectivity index (χ2v) is 14.1. The van der Waals surface area contributed by atoms with E-state index in [4.69, 9.17) is 14.5 Å². The van der Waals surface area contributed by atoms with Crippen LogP contribution in [0.3, 0.4) is 0 Å². The van der Waals surface area contributed by atoms with Gasteiger partial charge in [0, 0.05) is 41.0 Å². The molecular weight excluding hydrogens is 543 g/mol. The zero-order valence-electron chi connectivity index (χ0n) is 26.6. The van der Waals surface area contributed by atoms with Crippen LogP contribution in [0.2, 0.25) is 0 Å². The predicted molar refractivity (Wildman–Crippen MR) is 168 cm³/mol. The zero-order valence-corrected chi connectivity index (χ0v) is 26.6. The largest absolute Gasteiger partial charge is 0.493 e. The highest BCUT2D eigenvalue weighted by Gasteiger charge is 2.45. The Kier molecular flexibility index (Phi) is 8.34. The first-order valence-corrected chi connectivity index (χ1v) is 15.3. The number of hydrogen-bond donors (Lipinski definition) is 1. The summed E-state index contributed by atoms with van der Waals surface area (Å²) < 4.78 is 25.9. The van der Waals surface area contributed by atoms with Crippen molar-refractivity contribution in [2.45, 2.75) is 91.3 Å². The number of carboxylic acids is 1. The van der Waals surface area contributed by atoms with Crippen molar-refractivity contribution in [3.8, 4) is 16.9 Å². The van der Waals surface area contributed by atoms with Gasteiger partial charge in [-0.05, 0) is 101 Å². The number of aliphatic carboxylic acids is 1. The van der Waals surface area contributed by atoms with Crippen molar-refractivity contribution >= 4 is 11.7 Å². The number of anilines is 1. The molecule has 0 unspecified atom stereocenters. The molecule has 1 saturated carbocycles. The molecule has 2 aromatic carbocycles. The van der Waals surface area contributed by atoms with Gasteiger partial charge in [-0.3, -0.25) is 4.98 Å². The average Bonchev–Trinajstić information content (AvgIpc) is 3.72. The third-order valence-corrected chi connectivity index (χ3v) is 8.94. The van der Waals surface area contributed by atoms with Crippen LogP contribution in [0.5, 0.6) is 5.75 Å². The smallest absolute Gasteiger partial charge is 0.337 e. The van der Waals surface area contributed by atoms with Crippen molar-refractivity contribution in [3.05, 3.63) is 76.9 Å². The van der Waals surface area contributed by atoms with Crippen LogP contribution in [0.1, 0.15) is 88.9 Å². The standard InChI is InChI=1S/C36H45FN2O4/c1-23-29(25-8-14-28(15-9-25)42-22-36(16-17-36)26-10-12-27(37)13-11-26)31(39-20-18-35(6,7)19-21-39)30(24(2)38-23)32(33(40)41)43-34(3,4)5/h8-15,32H,16-22H2,1-7H3,(H,40,41)/t32-/m0/s1. The third kappa shape index (κ3) is 6.87. The molecule has 7 heteroatoms. The van der Waals surface area contributed by atoms with Crippen LogP contribution < -0.4 is 9.64 Å². The summed E-state index contributed by atoms with van der Waals surface area (Å²) in [6.07, 6.45) is 2.90. The number of carboxylic acid groups (broad SMARTS) is 1. The topological polar surface area (TPSA) is 71.9 Å². The van der Waals surface area contributed by atoms with Crippen LogP contribution in [0, 0.1) is 25.1 Å². The molecule has 1 saturated heterocycles. The summed E-state index contributed by atoms with van der Waals surface area (Å²) in [6.45, 7) is 16.3. The number of ether oxygens (including phenoxy) is 2. The SMILES string of the molecule is Cc1nc(C)c([C@H](OC(C)(C)C)C(=O)O)c(N2CCC(C)(C)CC2)c1-c1ccc(OCC2(c3ccc(F)cc3)CC2)cc1. The minimum absolute atomic E-state index is 0.0627. The summed E-state index contributed by atoms with van der Waals surface area (Å²) >= 11 is 0. The predicted octanol–water partition coefficient (Wildman–Crippen LogP) is 8.18. The summed E-state index contributed by atoms with van der Waals surface area (Å²) in [5.41, 5.74) is 5.56. The van der Waals surface area contributed by atoms with Crippen molar-refractivity contribution in [1.29, 1.82) is 0 Å². The second kappa shape index (κ2) is 11.6. The Bertz CT molecular complexity index is 1460. The first-order valence-electron chi connectivity index (χ1n) is 15.3. The maximum Gasteiger partial charge on any atom is 0.337 e. The first kappa shape index (κ1) is 31.0. The fraction of sp³-hybridized carbons (Fsp3) is 0.500. The Morgan fingerprint density at radius 1 is 0.977 bits per heavy atom. The molecule has 2 aliphatic rings. The van der Waals surface area contributed by atoms with Gasteiger partial charge in [-0.1, -0.05) is 38.1 Å². The lowest BCUT2D eigenvalue weighted by atomic mass is 9.82. The highest BCUT2D eigenvalue weighted by molar-refractivity contribution is 5.88. The number of carbonyl (C=O) groups is 1. The summed E-state index contributed by atoms with van der Waals surface area (Å²) in [5, 5.41) is 10.4. The number of halogens is 1. The molecule has 5 rings (SSSR count). The second-order valence-electron chi connectivity index (χ2n) is 14.1. The summed E-state index contributed by atoms with van der Waals surface area (Å²) in [7, 11) is 0. The van der Waals surface area contributed by atoms with Gasteiger partial charge in [-0.15, -0.1) is 0 Å². The Balaban J connectivity index is 1.51. The van der Waals surface area contributed by atoms with Crippen molar-refractivity contribution in [3.63, 3.8) is 0 Å². The molecule has 3 aromatic rings. The summed E-state index contributed by atoms with van der Waals surface area (Å²) in [4.78, 5) is 19.9. The number of hydrogen-bond acceptors (Lipinski definition) is 5. The van der Waals surface area contributed by atoms with E-state index in [2.05, 4.69) is 18.7 Å². The lowest BCUT2D eigenvalue weighted by molar-refractivity contribution is -0.160. The molecule has 0 bridgehead atoms. The van der Waals surface area contributed by atoms with Crippen molar-refractivity contribution < 1.29 is 23.8 Å². The molecular formula is C36H45FN2O4. The van der Waals surface area contributed by atoms with Crippen LogP contribution in [-0.2, 0) is 14.9 Å². The highest BCUT2D eigenvalue weighted by atomic mass is 19.1. The fourth-order valence-electron chi connectivity index (χ4n) is 6.17. The maximum absolute atomic E-state index is 13.5. The maximum atomic E-state index is 13.5. The molecule has 230 valence electrons. The Hall–Kier alpha value is -3.45. The Morgan fingerprint density at radius 2 is 1.58 bits per heavy atom. The molecule has 6 nitrogen and oxygen atoms in total. The molecule has 0 amide bonds. The van der Waals surface area contributed by atoms with Gasteiger partial charge in [0.05, 0.1) is 17.9 Å². The monoisotopic (exact) mass is 588 g/mol. The fourth-order valence-corrected chi connectivity index (χ4v) is 6.17. The first-order chi connectivity index (χ1) is 20.2. The quantitative estimate of drug-likeness (QED) is 0.272. The number of rotatable bonds is 9. The van der Waals surface area contributed by atoms with Gasteiger partial charge in [0.1, 0.15) is 11.6 Å². The van der Waals surface area contributed by atoms with Crippen LogP contribution in [0.4, 0.5) is 10.1 Å². The number of aryl methyl sites for hydroxylation is 2. The molecule has 1 aliphatic heterocycles. The highest BCUT2D eigenvalue weighted by Crippen LogP contribution is 2.49. The minimum atomic E-state index is -1.15. The summed E-state index contributed by atoms with van der Waals surface area (Å²) in [5.74, 6) is -0.490. The van der Waals surface area contributed by atoms with Gasteiger partial charge in [0.25, 0.3) is 0 Å². The van der Waals surface area contributed by atoms with Gasteiger partial charge in [0.15, 0.2) is 6.10 Å². The lowest BCUT2D eigenvalue weighted by Gasteiger charge is -2.41. The van der Waals surface area contributed by atoms with Crippen LogP contribution >= 0.6 is 0 Å². The van der Waals surface area contributed by atoms with E-state index >= 15 is 0 Å².